The Morgan fingerprint density at radius 2 is 2.30 bits per heavy atom. The Morgan fingerprint density at radius 1 is 1.60 bits per heavy atom. The van der Waals surface area contributed by atoms with Crippen molar-refractivity contribution in [1.29, 1.82) is 4.78 Å². The molecule has 1 aromatic rings. The SMILES string of the molecule is CS(=N)c1ccc(Cl)cn1. The minimum atomic E-state index is -0.507. The molecule has 0 radical (unpaired) electrons. The van der Waals surface area contributed by atoms with E-state index in [4.69, 9.17) is 16.4 Å². The predicted octanol–water partition coefficient (Wildman–Crippen LogP) is 2.10. The maximum atomic E-state index is 7.31. The second-order valence-corrected chi connectivity index (χ2v) is 3.70. The summed E-state index contributed by atoms with van der Waals surface area (Å²) in [7, 11) is -0.507. The van der Waals surface area contributed by atoms with E-state index in [0.29, 0.717) is 5.02 Å². The number of nitrogens with one attached hydrogen (secondary N) is 1. The van der Waals surface area contributed by atoms with Crippen LogP contribution in [-0.2, 0) is 10.7 Å². The average molecular weight is 175 g/mol. The maximum Gasteiger partial charge on any atom is 0.106 e. The number of nitrogens with zero attached hydrogens (tertiary/aromatic N) is 1. The van der Waals surface area contributed by atoms with Crippen molar-refractivity contribution >= 4 is 22.3 Å². The van der Waals surface area contributed by atoms with Crippen LogP contribution in [0.2, 0.25) is 5.02 Å². The van der Waals surface area contributed by atoms with Gasteiger partial charge in [0.1, 0.15) is 5.03 Å². The second kappa shape index (κ2) is 3.12. The molecule has 54 valence electrons. The molecular formula is C6H7ClN2S. The molecule has 0 spiro atoms. The molecule has 1 N–H and O–H groups in total. The highest BCUT2D eigenvalue weighted by molar-refractivity contribution is 7.85. The Kier molecular flexibility index (Phi) is 2.40. The van der Waals surface area contributed by atoms with Crippen molar-refractivity contribution in [3.05, 3.63) is 23.4 Å². The van der Waals surface area contributed by atoms with Crippen molar-refractivity contribution in [1.82, 2.24) is 4.98 Å². The lowest BCUT2D eigenvalue weighted by atomic mass is 10.5. The van der Waals surface area contributed by atoms with E-state index in [1.807, 2.05) is 0 Å². The van der Waals surface area contributed by atoms with Gasteiger partial charge in [-0.05, 0) is 18.4 Å². The van der Waals surface area contributed by atoms with Gasteiger partial charge in [0.15, 0.2) is 0 Å². The maximum absolute atomic E-state index is 7.31. The van der Waals surface area contributed by atoms with Crippen molar-refractivity contribution in [2.24, 2.45) is 0 Å². The standard InChI is InChI=1S/C6H7ClN2S/c1-10(8)6-3-2-5(7)4-9-6/h2-4,8H,1H3. The van der Waals surface area contributed by atoms with Crippen molar-refractivity contribution in [3.63, 3.8) is 0 Å². The fourth-order valence-electron chi connectivity index (χ4n) is 0.543. The Hall–Kier alpha value is -0.410. The number of hydrogen-bond acceptors (Lipinski definition) is 2. The summed E-state index contributed by atoms with van der Waals surface area (Å²) in [5, 5.41) is 1.40. The van der Waals surface area contributed by atoms with Crippen LogP contribution in [0.5, 0.6) is 0 Å². The summed E-state index contributed by atoms with van der Waals surface area (Å²) in [6.07, 6.45) is 3.37. The first-order valence-corrected chi connectivity index (χ1v) is 4.70. The Labute approximate surface area is 67.1 Å². The van der Waals surface area contributed by atoms with E-state index >= 15 is 0 Å². The van der Waals surface area contributed by atoms with E-state index in [1.54, 1.807) is 24.6 Å². The second-order valence-electron chi connectivity index (χ2n) is 1.82. The Bertz CT molecular complexity index is 244. The molecule has 1 rings (SSSR count). The molecule has 1 atom stereocenters. The molecule has 2 nitrogen and oxygen atoms in total. The molecule has 0 aliphatic carbocycles. The smallest absolute Gasteiger partial charge is 0.106 e. The lowest BCUT2D eigenvalue weighted by Gasteiger charge is -1.95. The summed E-state index contributed by atoms with van der Waals surface area (Å²) in [4.78, 5) is 3.97. The first kappa shape index (κ1) is 7.69. The van der Waals surface area contributed by atoms with Crippen LogP contribution in [0.4, 0.5) is 0 Å². The third-order valence-electron chi connectivity index (χ3n) is 1.01. The topological polar surface area (TPSA) is 36.7 Å². The van der Waals surface area contributed by atoms with Gasteiger partial charge in [0.2, 0.25) is 0 Å². The van der Waals surface area contributed by atoms with Crippen molar-refractivity contribution in [2.45, 2.75) is 5.03 Å². The summed E-state index contributed by atoms with van der Waals surface area (Å²) < 4.78 is 7.31. The summed E-state index contributed by atoms with van der Waals surface area (Å²) in [6, 6.07) is 3.53. The lowest BCUT2D eigenvalue weighted by molar-refractivity contribution is 1.13. The van der Waals surface area contributed by atoms with Gasteiger partial charge in [-0.25, -0.2) is 4.98 Å². The van der Waals surface area contributed by atoms with E-state index in [2.05, 4.69) is 4.98 Å². The zero-order chi connectivity index (χ0) is 7.56. The molecule has 10 heavy (non-hydrogen) atoms. The molecule has 0 aliphatic rings. The number of pyridine rings is 1. The number of aromatic nitrogens is 1. The van der Waals surface area contributed by atoms with Gasteiger partial charge in [-0.2, -0.15) is 0 Å². The van der Waals surface area contributed by atoms with Gasteiger partial charge < -0.3 is 0 Å². The first-order valence-electron chi connectivity index (χ1n) is 2.69. The molecule has 1 heterocycles. The van der Waals surface area contributed by atoms with E-state index in [1.165, 1.54) is 0 Å². The molecule has 0 bridgehead atoms. The molecule has 0 aliphatic heterocycles. The van der Waals surface area contributed by atoms with E-state index in [0.717, 1.165) is 5.03 Å². The minimum absolute atomic E-state index is 0.507. The zero-order valence-corrected chi connectivity index (χ0v) is 7.04. The van der Waals surface area contributed by atoms with Crippen LogP contribution in [0.3, 0.4) is 0 Å². The Balaban J connectivity index is 3.00. The highest BCUT2D eigenvalue weighted by atomic mass is 35.5. The van der Waals surface area contributed by atoms with E-state index in [9.17, 15) is 0 Å². The monoisotopic (exact) mass is 174 g/mol. The molecule has 0 fully saturated rings. The van der Waals surface area contributed by atoms with Gasteiger partial charge in [0, 0.05) is 6.20 Å². The summed E-state index contributed by atoms with van der Waals surface area (Å²) in [5.41, 5.74) is 0. The largest absolute Gasteiger partial charge is 0.274 e. The molecule has 1 aromatic heterocycles. The van der Waals surface area contributed by atoms with Gasteiger partial charge in [-0.3, -0.25) is 4.78 Å². The third kappa shape index (κ3) is 1.78. The average Bonchev–Trinajstić information content (AvgIpc) is 1.88. The molecule has 0 aromatic carbocycles. The molecule has 4 heteroatoms. The van der Waals surface area contributed by atoms with Crippen LogP contribution in [0, 0.1) is 4.78 Å². The summed E-state index contributed by atoms with van der Waals surface area (Å²) in [6.45, 7) is 0. The van der Waals surface area contributed by atoms with Crippen molar-refractivity contribution in [2.75, 3.05) is 6.26 Å². The molecular weight excluding hydrogens is 168 g/mol. The molecule has 0 saturated heterocycles. The quantitative estimate of drug-likeness (QED) is 0.696. The van der Waals surface area contributed by atoms with Crippen LogP contribution in [0.15, 0.2) is 23.4 Å². The van der Waals surface area contributed by atoms with E-state index < -0.39 is 10.7 Å². The van der Waals surface area contributed by atoms with Gasteiger partial charge in [0.25, 0.3) is 0 Å². The van der Waals surface area contributed by atoms with Gasteiger partial charge in [-0.15, -0.1) is 0 Å². The Morgan fingerprint density at radius 3 is 2.70 bits per heavy atom. The zero-order valence-electron chi connectivity index (χ0n) is 5.47. The number of rotatable bonds is 1. The van der Waals surface area contributed by atoms with Crippen LogP contribution < -0.4 is 0 Å². The van der Waals surface area contributed by atoms with Crippen LogP contribution in [-0.4, -0.2) is 11.2 Å². The lowest BCUT2D eigenvalue weighted by Crippen LogP contribution is -1.88. The van der Waals surface area contributed by atoms with Crippen LogP contribution in [0.25, 0.3) is 0 Å². The fraction of sp³-hybridized carbons (Fsp3) is 0.167. The number of hydrogen-bond donors (Lipinski definition) is 1. The van der Waals surface area contributed by atoms with Crippen LogP contribution >= 0.6 is 11.6 Å². The van der Waals surface area contributed by atoms with Crippen LogP contribution in [0.1, 0.15) is 0 Å². The van der Waals surface area contributed by atoms with Gasteiger partial charge >= 0.3 is 0 Å². The predicted molar refractivity (Wildman–Crippen MR) is 43.5 cm³/mol. The van der Waals surface area contributed by atoms with Gasteiger partial charge in [-0.1, -0.05) is 22.3 Å². The number of halogens is 1. The third-order valence-corrected chi connectivity index (χ3v) is 2.11. The highest BCUT2D eigenvalue weighted by Crippen LogP contribution is 2.07. The molecule has 1 unspecified atom stereocenters. The van der Waals surface area contributed by atoms with Crippen molar-refractivity contribution < 1.29 is 0 Å². The van der Waals surface area contributed by atoms with E-state index in [-0.39, 0.29) is 0 Å². The van der Waals surface area contributed by atoms with Gasteiger partial charge in [0.05, 0.1) is 5.02 Å². The van der Waals surface area contributed by atoms with Crippen molar-refractivity contribution in [3.8, 4) is 0 Å². The molecule has 0 amide bonds. The minimum Gasteiger partial charge on any atom is -0.274 e. The fourth-order valence-corrected chi connectivity index (χ4v) is 1.14. The normalized spacial score (nSPS) is 13.0. The first-order chi connectivity index (χ1) is 4.70. The summed E-state index contributed by atoms with van der Waals surface area (Å²) in [5.74, 6) is 0. The highest BCUT2D eigenvalue weighted by Gasteiger charge is 1.92. The summed E-state index contributed by atoms with van der Waals surface area (Å²) >= 11 is 5.60. The molecule has 0 saturated carbocycles.